The predicted molar refractivity (Wildman–Crippen MR) is 57.6 cm³/mol. The van der Waals surface area contributed by atoms with Crippen LogP contribution in [0.3, 0.4) is 0 Å². The van der Waals surface area contributed by atoms with Crippen LogP contribution in [0.25, 0.3) is 0 Å². The maximum Gasteiger partial charge on any atom is 0.574 e. The summed E-state index contributed by atoms with van der Waals surface area (Å²) < 4.78 is 44.7. The number of aromatic nitrogens is 1. The topological polar surface area (TPSA) is 94.4 Å². The van der Waals surface area contributed by atoms with Crippen LogP contribution < -0.4 is 15.9 Å². The van der Waals surface area contributed by atoms with Crippen LogP contribution in [0.2, 0.25) is 0 Å². The zero-order chi connectivity index (χ0) is 14.6. The van der Waals surface area contributed by atoms with E-state index in [1.54, 1.807) is 0 Å². The van der Waals surface area contributed by atoms with Crippen LogP contribution in [-0.2, 0) is 11.3 Å². The number of carbonyl (C=O) groups is 1. The molecular weight excluding hydrogens is 269 g/mol. The van der Waals surface area contributed by atoms with Gasteiger partial charge in [-0.05, 0) is 6.92 Å². The highest BCUT2D eigenvalue weighted by Crippen LogP contribution is 2.22. The Kier molecular flexibility index (Phi) is 4.54. The molecule has 1 aromatic heterocycles. The lowest BCUT2D eigenvalue weighted by Crippen LogP contribution is -2.25. The second kappa shape index (κ2) is 5.74. The van der Waals surface area contributed by atoms with E-state index in [4.69, 9.17) is 5.73 Å². The summed E-state index contributed by atoms with van der Waals surface area (Å²) >= 11 is 0. The van der Waals surface area contributed by atoms with Crippen molar-refractivity contribution < 1.29 is 27.4 Å². The summed E-state index contributed by atoms with van der Waals surface area (Å²) in [6.45, 7) is 1.05. The smallest absolute Gasteiger partial charge is 0.461 e. The van der Waals surface area contributed by atoms with E-state index >= 15 is 0 Å². The van der Waals surface area contributed by atoms with E-state index in [2.05, 4.69) is 9.47 Å². The van der Waals surface area contributed by atoms with E-state index in [1.165, 1.54) is 6.92 Å². The van der Waals surface area contributed by atoms with Gasteiger partial charge in [-0.15, -0.1) is 13.2 Å². The van der Waals surface area contributed by atoms with Gasteiger partial charge in [0.1, 0.15) is 5.69 Å². The largest absolute Gasteiger partial charge is 0.574 e. The summed E-state index contributed by atoms with van der Waals surface area (Å²) in [5, 5.41) is 0. The highest BCUT2D eigenvalue weighted by Gasteiger charge is 2.33. The minimum absolute atomic E-state index is 0.00889. The zero-order valence-electron chi connectivity index (χ0n) is 9.84. The average Bonchev–Trinajstić information content (AvgIpc) is 2.26. The van der Waals surface area contributed by atoms with Gasteiger partial charge in [-0.25, -0.2) is 4.79 Å². The third-order valence-corrected chi connectivity index (χ3v) is 2.01. The lowest BCUT2D eigenvalue weighted by Gasteiger charge is -2.13. The van der Waals surface area contributed by atoms with Crippen molar-refractivity contribution in [3.05, 3.63) is 27.5 Å². The fourth-order valence-corrected chi connectivity index (χ4v) is 1.28. The third-order valence-electron chi connectivity index (χ3n) is 2.01. The Balaban J connectivity index is 3.26. The number of esters is 1. The number of alkyl halides is 3. The molecule has 0 saturated heterocycles. The second-order valence-corrected chi connectivity index (χ2v) is 3.33. The summed E-state index contributed by atoms with van der Waals surface area (Å²) in [4.78, 5) is 24.9. The molecule has 0 unspecified atom stereocenters. The number of ether oxygens (including phenoxy) is 2. The number of H-pyrrole nitrogens is 1. The maximum absolute atomic E-state index is 12.2. The number of nitrogens with one attached hydrogen (secondary N) is 1. The number of halogens is 3. The van der Waals surface area contributed by atoms with E-state index in [0.29, 0.717) is 0 Å². The van der Waals surface area contributed by atoms with E-state index in [-0.39, 0.29) is 6.61 Å². The Morgan fingerprint density at radius 3 is 2.58 bits per heavy atom. The summed E-state index contributed by atoms with van der Waals surface area (Å²) in [6, 6.07) is 0.809. The first-order valence-corrected chi connectivity index (χ1v) is 5.17. The molecule has 0 radical (unpaired) electrons. The van der Waals surface area contributed by atoms with E-state index in [9.17, 15) is 22.8 Å². The van der Waals surface area contributed by atoms with Crippen LogP contribution >= 0.6 is 0 Å². The van der Waals surface area contributed by atoms with Gasteiger partial charge in [-0.2, -0.15) is 0 Å². The Morgan fingerprint density at radius 2 is 2.11 bits per heavy atom. The molecule has 106 valence electrons. The molecule has 0 amide bonds. The van der Waals surface area contributed by atoms with Gasteiger partial charge in [0.15, 0.2) is 5.43 Å². The molecule has 0 fully saturated rings. The summed E-state index contributed by atoms with van der Waals surface area (Å²) in [6.07, 6.45) is -5.01. The molecule has 0 atom stereocenters. The van der Waals surface area contributed by atoms with Gasteiger partial charge in [0, 0.05) is 12.6 Å². The Hall–Kier alpha value is -2.03. The van der Waals surface area contributed by atoms with Crippen molar-refractivity contribution >= 4 is 5.97 Å². The predicted octanol–water partition coefficient (Wildman–Crippen LogP) is 0.909. The third kappa shape index (κ3) is 3.98. The molecule has 0 saturated carbocycles. The van der Waals surface area contributed by atoms with Gasteiger partial charge in [0.25, 0.3) is 0 Å². The summed E-state index contributed by atoms with van der Waals surface area (Å²) in [7, 11) is 0. The van der Waals surface area contributed by atoms with Crippen LogP contribution in [0.15, 0.2) is 10.9 Å². The molecule has 1 heterocycles. The fraction of sp³-hybridized carbons (Fsp3) is 0.400. The van der Waals surface area contributed by atoms with Crippen molar-refractivity contribution in [1.29, 1.82) is 0 Å². The minimum atomic E-state index is -5.01. The Labute approximate surface area is 105 Å². The van der Waals surface area contributed by atoms with Gasteiger partial charge in [0.2, 0.25) is 5.88 Å². The lowest BCUT2D eigenvalue weighted by molar-refractivity contribution is -0.276. The molecule has 0 aliphatic carbocycles. The van der Waals surface area contributed by atoms with Crippen LogP contribution in [0, 0.1) is 0 Å². The van der Waals surface area contributed by atoms with Crippen molar-refractivity contribution in [2.24, 2.45) is 5.73 Å². The molecule has 1 aromatic rings. The van der Waals surface area contributed by atoms with Crippen molar-refractivity contribution in [2.45, 2.75) is 19.8 Å². The van der Waals surface area contributed by atoms with E-state index < -0.39 is 41.4 Å². The van der Waals surface area contributed by atoms with Gasteiger partial charge < -0.3 is 20.2 Å². The van der Waals surface area contributed by atoms with Crippen molar-refractivity contribution in [3.63, 3.8) is 0 Å². The number of hydrogen-bond acceptors (Lipinski definition) is 5. The minimum Gasteiger partial charge on any atom is -0.461 e. The molecule has 1 rings (SSSR count). The first-order valence-electron chi connectivity index (χ1n) is 5.17. The number of aromatic amines is 1. The molecule has 9 heteroatoms. The summed E-state index contributed by atoms with van der Waals surface area (Å²) in [5.74, 6) is -1.87. The quantitative estimate of drug-likeness (QED) is 0.799. The lowest BCUT2D eigenvalue weighted by atomic mass is 10.2. The monoisotopic (exact) mass is 280 g/mol. The highest BCUT2D eigenvalue weighted by molar-refractivity contribution is 5.87. The molecule has 0 aliphatic heterocycles. The molecule has 0 aliphatic rings. The average molecular weight is 280 g/mol. The first-order chi connectivity index (χ1) is 8.78. The van der Waals surface area contributed by atoms with Crippen molar-refractivity contribution in [2.75, 3.05) is 6.61 Å². The van der Waals surface area contributed by atoms with E-state index in [0.717, 1.165) is 6.07 Å². The van der Waals surface area contributed by atoms with Crippen LogP contribution in [0.1, 0.15) is 23.0 Å². The first kappa shape index (κ1) is 15.0. The number of pyridine rings is 1. The zero-order valence-corrected chi connectivity index (χ0v) is 9.84. The second-order valence-electron chi connectivity index (χ2n) is 3.33. The van der Waals surface area contributed by atoms with Gasteiger partial charge >= 0.3 is 12.3 Å². The van der Waals surface area contributed by atoms with Crippen molar-refractivity contribution in [1.82, 2.24) is 4.98 Å². The molecule has 0 aromatic carbocycles. The molecule has 0 spiro atoms. The summed E-state index contributed by atoms with van der Waals surface area (Å²) in [5.41, 5.74) is 3.47. The molecule has 19 heavy (non-hydrogen) atoms. The normalized spacial score (nSPS) is 11.2. The van der Waals surface area contributed by atoms with Crippen LogP contribution in [0.4, 0.5) is 13.2 Å². The molecule has 0 bridgehead atoms. The molecule has 3 N–H and O–H groups in total. The van der Waals surface area contributed by atoms with Crippen LogP contribution in [-0.4, -0.2) is 23.9 Å². The van der Waals surface area contributed by atoms with E-state index in [1.807, 2.05) is 4.98 Å². The number of hydrogen-bond donors (Lipinski definition) is 2. The van der Waals surface area contributed by atoms with Crippen LogP contribution in [0.5, 0.6) is 5.88 Å². The molecular formula is C10H11F3N2O4. The number of nitrogens with two attached hydrogens (primary N) is 1. The van der Waals surface area contributed by atoms with Gasteiger partial charge in [-0.3, -0.25) is 4.79 Å². The van der Waals surface area contributed by atoms with Gasteiger partial charge in [-0.1, -0.05) is 0 Å². The SMILES string of the molecule is CCOC(=O)c1cc(=O)c(CN)c(OC(F)(F)F)[nH]1. The standard InChI is InChI=1S/C10H11F3N2O4/c1-2-18-9(17)6-3-7(16)5(4-14)8(15-6)19-10(11,12)13/h3H,2,4,14H2,1H3,(H,15,16). The van der Waals surface area contributed by atoms with Gasteiger partial charge in [0.05, 0.1) is 12.2 Å². The number of rotatable bonds is 4. The fourth-order valence-electron chi connectivity index (χ4n) is 1.28. The highest BCUT2D eigenvalue weighted by atomic mass is 19.4. The molecule has 6 nitrogen and oxygen atoms in total. The maximum atomic E-state index is 12.2. The Bertz CT molecular complexity index is 524. The van der Waals surface area contributed by atoms with Crippen molar-refractivity contribution in [3.8, 4) is 5.88 Å². The number of carbonyl (C=O) groups excluding carboxylic acids is 1. The Morgan fingerprint density at radius 1 is 1.47 bits per heavy atom.